The van der Waals surface area contributed by atoms with Crippen LogP contribution in [0.4, 0.5) is 19.0 Å². The van der Waals surface area contributed by atoms with Crippen LogP contribution in [0.2, 0.25) is 5.02 Å². The van der Waals surface area contributed by atoms with Crippen LogP contribution in [0.15, 0.2) is 47.2 Å². The van der Waals surface area contributed by atoms with Crippen LogP contribution in [0.5, 0.6) is 0 Å². The van der Waals surface area contributed by atoms with E-state index in [1.807, 2.05) is 0 Å². The van der Waals surface area contributed by atoms with E-state index in [1.54, 1.807) is 37.5 Å². The number of nitrogens with one attached hydrogen (secondary N) is 3. The third kappa shape index (κ3) is 11.9. The number of benzene rings is 1. The number of carbonyl (C=O) groups excluding carboxylic acids is 3. The van der Waals surface area contributed by atoms with Gasteiger partial charge in [0, 0.05) is 26.3 Å². The molecule has 1 unspecified atom stereocenters. The van der Waals surface area contributed by atoms with Gasteiger partial charge >= 0.3 is 0 Å². The summed E-state index contributed by atoms with van der Waals surface area (Å²) in [4.78, 5) is 37.9. The Morgan fingerprint density at radius 1 is 1.23 bits per heavy atom. The van der Waals surface area contributed by atoms with Gasteiger partial charge in [-0.1, -0.05) is 28.9 Å². The summed E-state index contributed by atoms with van der Waals surface area (Å²) in [5, 5.41) is 15.0. The largest absolute Gasteiger partial charge is 0.382 e. The molecule has 3 N–H and O–H groups in total. The first-order valence-corrected chi connectivity index (χ1v) is 13.8. The highest BCUT2D eigenvalue weighted by Crippen LogP contribution is 2.40. The van der Waals surface area contributed by atoms with Gasteiger partial charge in [0.2, 0.25) is 6.41 Å². The van der Waals surface area contributed by atoms with E-state index in [2.05, 4.69) is 35.9 Å². The molecule has 240 valence electrons. The van der Waals surface area contributed by atoms with Gasteiger partial charge in [-0.2, -0.15) is 0 Å². The number of carbonyl (C=O) groups is 3. The highest BCUT2D eigenvalue weighted by molar-refractivity contribution is 6.30. The summed E-state index contributed by atoms with van der Waals surface area (Å²) in [5.41, 5.74) is 1.48. The molecule has 0 aliphatic heterocycles. The number of anilines is 1. The van der Waals surface area contributed by atoms with Crippen molar-refractivity contribution in [3.05, 3.63) is 70.4 Å². The summed E-state index contributed by atoms with van der Waals surface area (Å²) in [6.07, 6.45) is 4.62. The molecule has 1 fully saturated rings. The van der Waals surface area contributed by atoms with Crippen LogP contribution >= 0.6 is 11.6 Å². The Morgan fingerprint density at radius 3 is 2.50 bits per heavy atom. The fraction of sp³-hybridized carbons (Fsp3) is 0.429. The second-order valence-electron chi connectivity index (χ2n) is 9.42. The van der Waals surface area contributed by atoms with E-state index >= 15 is 0 Å². The number of amides is 2. The molecule has 1 aliphatic carbocycles. The molecular formula is C28H35ClF3N7O5. The van der Waals surface area contributed by atoms with E-state index in [-0.39, 0.29) is 29.7 Å². The fourth-order valence-corrected chi connectivity index (χ4v) is 3.91. The molecule has 16 heteroatoms. The lowest BCUT2D eigenvalue weighted by molar-refractivity contribution is -0.128. The van der Waals surface area contributed by atoms with Crippen molar-refractivity contribution in [2.75, 3.05) is 52.8 Å². The quantitative estimate of drug-likeness (QED) is 0.223. The van der Waals surface area contributed by atoms with Crippen LogP contribution in [0.3, 0.4) is 0 Å². The highest BCUT2D eigenvalue weighted by Gasteiger charge is 2.34. The number of methoxy groups -OCH3 is 1. The van der Waals surface area contributed by atoms with Crippen molar-refractivity contribution in [1.29, 1.82) is 0 Å². The monoisotopic (exact) mass is 641 g/mol. The minimum Gasteiger partial charge on any atom is -0.382 e. The van der Waals surface area contributed by atoms with E-state index in [4.69, 9.17) is 16.3 Å². The second-order valence-corrected chi connectivity index (χ2v) is 9.83. The number of alkyl halides is 2. The minimum absolute atomic E-state index is 0.0181. The Kier molecular flexibility index (Phi) is 15.2. The van der Waals surface area contributed by atoms with Gasteiger partial charge in [-0.15, -0.1) is 0 Å². The van der Waals surface area contributed by atoms with E-state index in [9.17, 15) is 27.6 Å². The molecule has 2 heterocycles. The Bertz CT molecular complexity index is 1310. The average molecular weight is 642 g/mol. The lowest BCUT2D eigenvalue weighted by atomic mass is 10.1. The third-order valence-electron chi connectivity index (χ3n) is 6.00. The molecule has 1 aliphatic rings. The van der Waals surface area contributed by atoms with Crippen LogP contribution in [-0.4, -0.2) is 92.2 Å². The summed E-state index contributed by atoms with van der Waals surface area (Å²) >= 11 is 5.33. The number of rotatable bonds is 14. The number of aromatic nitrogens is 3. The van der Waals surface area contributed by atoms with Crippen molar-refractivity contribution in [1.82, 2.24) is 30.8 Å². The third-order valence-corrected chi connectivity index (χ3v) is 6.30. The molecule has 1 aromatic carbocycles. The molecule has 0 radical (unpaired) electrons. The van der Waals surface area contributed by atoms with Crippen LogP contribution in [-0.2, 0) is 14.3 Å². The Morgan fingerprint density at radius 2 is 1.95 bits per heavy atom. The fourth-order valence-electron chi connectivity index (χ4n) is 3.77. The van der Waals surface area contributed by atoms with Crippen LogP contribution < -0.4 is 16.0 Å². The zero-order chi connectivity index (χ0) is 32.5. The van der Waals surface area contributed by atoms with Crippen molar-refractivity contribution < 1.29 is 36.9 Å². The van der Waals surface area contributed by atoms with Gasteiger partial charge in [0.1, 0.15) is 23.6 Å². The van der Waals surface area contributed by atoms with Crippen molar-refractivity contribution in [3.8, 4) is 0 Å². The molecule has 2 amide bonds. The van der Waals surface area contributed by atoms with Crippen LogP contribution in [0, 0.1) is 5.82 Å². The van der Waals surface area contributed by atoms with Gasteiger partial charge < -0.3 is 30.4 Å². The molecule has 4 rings (SSSR count). The van der Waals surface area contributed by atoms with Crippen molar-refractivity contribution in [3.63, 3.8) is 0 Å². The molecular weight excluding hydrogens is 607 g/mol. The van der Waals surface area contributed by atoms with Crippen molar-refractivity contribution >= 4 is 36.0 Å². The summed E-state index contributed by atoms with van der Waals surface area (Å²) in [6.45, 7) is -1.10. The molecule has 1 atom stereocenters. The van der Waals surface area contributed by atoms with E-state index < -0.39 is 31.0 Å². The maximum Gasteiger partial charge on any atom is 0.277 e. The average Bonchev–Trinajstić information content (AvgIpc) is 3.75. The maximum absolute atomic E-state index is 13.8. The minimum atomic E-state index is -3.03. The Hall–Kier alpha value is -4.08. The summed E-state index contributed by atoms with van der Waals surface area (Å²) in [7, 11) is 4.60. The van der Waals surface area contributed by atoms with Gasteiger partial charge in [0.05, 0.1) is 37.3 Å². The number of nitrogens with zero attached hydrogens (tertiary/aromatic N) is 4. The normalized spacial score (nSPS) is 12.9. The SMILES string of the molecule is CNCC(F)(F)CN(C=O)C(COC)c1ccnc(NC)c1.Fc1ccccc1Cl.O=CCNC(=O)c1nonc1C1CC1. The first-order valence-electron chi connectivity index (χ1n) is 13.4. The standard InChI is InChI=1S/C14H22F2N4O2.C8H9N3O3.C6H4ClF/c1-17-8-14(15,16)9-20(10-21)12(7-22-3)11-4-5-19-13(6-11)18-2;12-4-3-9-8(13)7-6(5-1-2-5)10-14-11-7;7-5-3-1-2-4-6(5)8/h4-6,10,12,17H,7-9H2,1-3H3,(H,18,19);4-5H,1-3H2,(H,9,13);1-4H. The number of halogens is 4. The van der Waals surface area contributed by atoms with Crippen LogP contribution in [0.25, 0.3) is 0 Å². The molecule has 0 bridgehead atoms. The first-order chi connectivity index (χ1) is 21.1. The smallest absolute Gasteiger partial charge is 0.277 e. The molecule has 1 saturated carbocycles. The zero-order valence-electron chi connectivity index (χ0n) is 24.4. The van der Waals surface area contributed by atoms with Gasteiger partial charge in [-0.05, 0) is 54.9 Å². The van der Waals surface area contributed by atoms with Gasteiger partial charge in [0.25, 0.3) is 11.8 Å². The van der Waals surface area contributed by atoms with Gasteiger partial charge in [-0.3, -0.25) is 9.59 Å². The van der Waals surface area contributed by atoms with E-state index in [0.717, 1.165) is 17.7 Å². The maximum atomic E-state index is 13.8. The molecule has 2 aromatic heterocycles. The van der Waals surface area contributed by atoms with Gasteiger partial charge in [0.15, 0.2) is 5.69 Å². The number of ether oxygens (including phenoxy) is 1. The number of hydrogen-bond acceptors (Lipinski definition) is 10. The second kappa shape index (κ2) is 18.6. The zero-order valence-corrected chi connectivity index (χ0v) is 25.2. The summed E-state index contributed by atoms with van der Waals surface area (Å²) in [6, 6.07) is 8.89. The predicted molar refractivity (Wildman–Crippen MR) is 156 cm³/mol. The van der Waals surface area contributed by atoms with E-state index in [1.165, 1.54) is 26.3 Å². The molecule has 3 aromatic rings. The lowest BCUT2D eigenvalue weighted by Gasteiger charge is -2.31. The summed E-state index contributed by atoms with van der Waals surface area (Å²) < 4.78 is 49.4. The summed E-state index contributed by atoms with van der Waals surface area (Å²) in [5.74, 6) is -2.90. The number of aldehydes is 1. The van der Waals surface area contributed by atoms with Crippen LogP contribution in [0.1, 0.15) is 46.5 Å². The number of hydrogen-bond donors (Lipinski definition) is 3. The van der Waals surface area contributed by atoms with Crippen molar-refractivity contribution in [2.24, 2.45) is 0 Å². The van der Waals surface area contributed by atoms with Gasteiger partial charge in [-0.25, -0.2) is 22.8 Å². The molecule has 12 nitrogen and oxygen atoms in total. The van der Waals surface area contributed by atoms with Crippen molar-refractivity contribution in [2.45, 2.75) is 30.7 Å². The molecule has 0 saturated heterocycles. The predicted octanol–water partition coefficient (Wildman–Crippen LogP) is 3.48. The molecule has 0 spiro atoms. The Balaban J connectivity index is 0.000000258. The highest BCUT2D eigenvalue weighted by atomic mass is 35.5. The number of pyridine rings is 1. The lowest BCUT2D eigenvalue weighted by Crippen LogP contribution is -2.44. The topological polar surface area (TPSA) is 152 Å². The first kappa shape index (κ1) is 36.1. The molecule has 44 heavy (non-hydrogen) atoms. The van der Waals surface area contributed by atoms with E-state index in [0.29, 0.717) is 35.7 Å². The Labute approximate surface area is 257 Å².